The highest BCUT2D eigenvalue weighted by atomic mass is 32.1. The number of thiophene rings is 1. The molecule has 0 aliphatic rings. The van der Waals surface area contributed by atoms with Crippen molar-refractivity contribution in [3.63, 3.8) is 0 Å². The monoisotopic (exact) mass is 691 g/mol. The summed E-state index contributed by atoms with van der Waals surface area (Å²) >= 11 is 1.85. The Morgan fingerprint density at radius 3 is 1.85 bits per heavy atom. The van der Waals surface area contributed by atoms with Gasteiger partial charge in [0.25, 0.3) is 0 Å². The Morgan fingerprint density at radius 1 is 0.377 bits per heavy atom. The molecule has 0 saturated carbocycles. The van der Waals surface area contributed by atoms with Crippen molar-refractivity contribution >= 4 is 63.8 Å². The Morgan fingerprint density at radius 2 is 1.04 bits per heavy atom. The number of fused-ring (bicyclic) bond motifs is 3. The van der Waals surface area contributed by atoms with Crippen LogP contribution in [-0.4, -0.2) is 15.0 Å². The third-order valence-corrected chi connectivity index (χ3v) is 11.7. The molecule has 11 aromatic rings. The zero-order valence-corrected chi connectivity index (χ0v) is 29.3. The third kappa shape index (κ3) is 4.99. The van der Waals surface area contributed by atoms with Crippen LogP contribution in [0.1, 0.15) is 0 Å². The molecule has 0 saturated heterocycles. The second-order valence-electron chi connectivity index (χ2n) is 13.6. The Hall–Kier alpha value is -6.75. The van der Waals surface area contributed by atoms with E-state index < -0.39 is 0 Å². The van der Waals surface area contributed by atoms with Crippen LogP contribution in [0, 0.1) is 0 Å². The lowest BCUT2D eigenvalue weighted by Crippen LogP contribution is -1.97. The van der Waals surface area contributed by atoms with Crippen LogP contribution >= 0.6 is 11.3 Å². The van der Waals surface area contributed by atoms with Crippen molar-refractivity contribution in [3.05, 3.63) is 176 Å². The molecule has 0 atom stereocenters. The first kappa shape index (κ1) is 29.9. The van der Waals surface area contributed by atoms with Gasteiger partial charge in [-0.15, -0.1) is 11.3 Å². The van der Waals surface area contributed by atoms with Gasteiger partial charge in [0.05, 0.1) is 11.4 Å². The molecule has 11 rings (SSSR count). The highest BCUT2D eigenvalue weighted by Crippen LogP contribution is 2.41. The molecule has 3 heterocycles. The van der Waals surface area contributed by atoms with Gasteiger partial charge < -0.3 is 0 Å². The summed E-state index contributed by atoms with van der Waals surface area (Å²) in [6.45, 7) is 0. The van der Waals surface area contributed by atoms with Crippen molar-refractivity contribution in [1.82, 2.24) is 15.0 Å². The highest BCUT2D eigenvalue weighted by Gasteiger charge is 2.16. The van der Waals surface area contributed by atoms with Crippen LogP contribution in [-0.2, 0) is 0 Å². The van der Waals surface area contributed by atoms with Gasteiger partial charge in [-0.05, 0) is 84.9 Å². The van der Waals surface area contributed by atoms with Crippen LogP contribution in [0.2, 0.25) is 0 Å². The van der Waals surface area contributed by atoms with E-state index in [1.54, 1.807) is 6.20 Å². The predicted molar refractivity (Wildman–Crippen MR) is 224 cm³/mol. The van der Waals surface area contributed by atoms with E-state index in [0.717, 1.165) is 39.2 Å². The summed E-state index contributed by atoms with van der Waals surface area (Å²) in [7, 11) is 0. The van der Waals surface area contributed by atoms with Gasteiger partial charge in [-0.3, -0.25) is 4.98 Å². The zero-order chi connectivity index (χ0) is 34.9. The van der Waals surface area contributed by atoms with E-state index in [-0.39, 0.29) is 0 Å². The molecule has 3 nitrogen and oxygen atoms in total. The van der Waals surface area contributed by atoms with Gasteiger partial charge in [-0.25, -0.2) is 9.97 Å². The molecule has 4 heteroatoms. The molecule has 3 aromatic heterocycles. The minimum Gasteiger partial charge on any atom is -0.264 e. The normalized spacial score (nSPS) is 11.8. The van der Waals surface area contributed by atoms with Gasteiger partial charge in [0.2, 0.25) is 0 Å². The number of nitrogens with zero attached hydrogens (tertiary/aromatic N) is 3. The first-order valence-corrected chi connectivity index (χ1v) is 18.6. The van der Waals surface area contributed by atoms with Crippen LogP contribution in [0.15, 0.2) is 176 Å². The van der Waals surface area contributed by atoms with Crippen molar-refractivity contribution in [3.8, 4) is 56.2 Å². The van der Waals surface area contributed by atoms with Gasteiger partial charge >= 0.3 is 0 Å². The standard InChI is InChI=1S/C49H29N3S/c1-2-9-45-40(8-1)42-27-37(22-25-46(42)53-45)30-10-14-32(15-11-30)43-28-44(52-49(51-43)36-18-12-31(13-19-36)38-7-4-26-50-29-38)39-23-20-35-17-16-33-5-3-6-34-21-24-41(39)48(35)47(33)34/h1-29H. The zero-order valence-electron chi connectivity index (χ0n) is 28.5. The maximum Gasteiger partial charge on any atom is 0.160 e. The fourth-order valence-electron chi connectivity index (χ4n) is 7.91. The van der Waals surface area contributed by atoms with Crippen LogP contribution in [0.4, 0.5) is 0 Å². The maximum absolute atomic E-state index is 5.28. The van der Waals surface area contributed by atoms with Crippen LogP contribution in [0.3, 0.4) is 0 Å². The van der Waals surface area contributed by atoms with Crippen molar-refractivity contribution in [1.29, 1.82) is 0 Å². The highest BCUT2D eigenvalue weighted by molar-refractivity contribution is 7.25. The summed E-state index contributed by atoms with van der Waals surface area (Å²) in [5.74, 6) is 0.694. The molecule has 0 N–H and O–H groups in total. The van der Waals surface area contributed by atoms with Crippen LogP contribution in [0.5, 0.6) is 0 Å². The Balaban J connectivity index is 1.05. The molecule has 246 valence electrons. The van der Waals surface area contributed by atoms with E-state index in [0.29, 0.717) is 5.82 Å². The maximum atomic E-state index is 5.28. The van der Waals surface area contributed by atoms with E-state index in [1.807, 2.05) is 23.6 Å². The number of aromatic nitrogens is 3. The molecular formula is C49H29N3S. The molecule has 8 aromatic carbocycles. The van der Waals surface area contributed by atoms with E-state index in [2.05, 4.69) is 163 Å². The molecule has 0 aliphatic heterocycles. The Kier molecular flexibility index (Phi) is 6.73. The summed E-state index contributed by atoms with van der Waals surface area (Å²) in [6.07, 6.45) is 3.69. The SMILES string of the molecule is c1cncc(-c2ccc(-c3nc(-c4ccc(-c5ccc6sc7ccccc7c6c5)cc4)cc(-c4ccc5ccc6cccc7ccc4c5c67)n3)cc2)c1. The number of benzene rings is 8. The van der Waals surface area contributed by atoms with Gasteiger partial charge in [0.15, 0.2) is 5.82 Å². The van der Waals surface area contributed by atoms with Crippen LogP contribution < -0.4 is 0 Å². The van der Waals surface area contributed by atoms with Gasteiger partial charge in [-0.2, -0.15) is 0 Å². The van der Waals surface area contributed by atoms with E-state index in [9.17, 15) is 0 Å². The third-order valence-electron chi connectivity index (χ3n) is 10.6. The lowest BCUT2D eigenvalue weighted by atomic mass is 9.91. The quantitative estimate of drug-likeness (QED) is 0.169. The minimum atomic E-state index is 0.694. The summed E-state index contributed by atoms with van der Waals surface area (Å²) in [4.78, 5) is 14.8. The second kappa shape index (κ2) is 11.9. The van der Waals surface area contributed by atoms with E-state index >= 15 is 0 Å². The molecule has 0 amide bonds. The molecule has 0 unspecified atom stereocenters. The first-order chi connectivity index (χ1) is 26.2. The lowest BCUT2D eigenvalue weighted by molar-refractivity contribution is 1.18. The fraction of sp³-hybridized carbons (Fsp3) is 0. The van der Waals surface area contributed by atoms with Gasteiger partial charge in [0, 0.05) is 49.3 Å². The average Bonchev–Trinajstić information content (AvgIpc) is 3.61. The van der Waals surface area contributed by atoms with Crippen molar-refractivity contribution in [2.24, 2.45) is 0 Å². The summed E-state index contributed by atoms with van der Waals surface area (Å²) in [5, 5.41) is 10.1. The average molecular weight is 692 g/mol. The fourth-order valence-corrected chi connectivity index (χ4v) is 8.99. The lowest BCUT2D eigenvalue weighted by Gasteiger charge is -2.15. The van der Waals surface area contributed by atoms with Gasteiger partial charge in [-0.1, -0.05) is 133 Å². The second-order valence-corrected chi connectivity index (χ2v) is 14.7. The molecule has 0 spiro atoms. The first-order valence-electron chi connectivity index (χ1n) is 17.8. The summed E-state index contributed by atoms with van der Waals surface area (Å²) in [6, 6.07) is 58.9. The number of rotatable bonds is 5. The largest absolute Gasteiger partial charge is 0.264 e. The molecular weight excluding hydrogens is 663 g/mol. The minimum absolute atomic E-state index is 0.694. The van der Waals surface area contributed by atoms with Crippen molar-refractivity contribution in [2.75, 3.05) is 0 Å². The van der Waals surface area contributed by atoms with E-state index in [4.69, 9.17) is 9.97 Å². The van der Waals surface area contributed by atoms with Crippen molar-refractivity contribution in [2.45, 2.75) is 0 Å². The molecule has 53 heavy (non-hydrogen) atoms. The van der Waals surface area contributed by atoms with Crippen LogP contribution in [0.25, 0.3) is 109 Å². The summed E-state index contributed by atoms with van der Waals surface area (Å²) in [5.41, 5.74) is 9.47. The Bertz CT molecular complexity index is 3130. The number of hydrogen-bond donors (Lipinski definition) is 0. The van der Waals surface area contributed by atoms with E-state index in [1.165, 1.54) is 63.6 Å². The predicted octanol–water partition coefficient (Wildman–Crippen LogP) is 13.5. The number of pyridine rings is 1. The number of hydrogen-bond acceptors (Lipinski definition) is 4. The smallest absolute Gasteiger partial charge is 0.160 e. The van der Waals surface area contributed by atoms with Gasteiger partial charge in [0.1, 0.15) is 0 Å². The Labute approximate surface area is 309 Å². The molecule has 0 radical (unpaired) electrons. The molecule has 0 fully saturated rings. The summed E-state index contributed by atoms with van der Waals surface area (Å²) < 4.78 is 2.63. The topological polar surface area (TPSA) is 38.7 Å². The van der Waals surface area contributed by atoms with Crippen molar-refractivity contribution < 1.29 is 0 Å². The molecule has 0 bridgehead atoms. The molecule has 0 aliphatic carbocycles.